The van der Waals surface area contributed by atoms with E-state index in [9.17, 15) is 4.79 Å². The van der Waals surface area contributed by atoms with Crippen molar-refractivity contribution in [1.29, 1.82) is 0 Å². The zero-order chi connectivity index (χ0) is 12.8. The van der Waals surface area contributed by atoms with E-state index in [1.54, 1.807) is 18.0 Å². The average Bonchev–Trinajstić information content (AvgIpc) is 2.34. The fourth-order valence-corrected chi connectivity index (χ4v) is 1.67. The van der Waals surface area contributed by atoms with E-state index in [0.29, 0.717) is 22.7 Å². The second kappa shape index (κ2) is 6.66. The molecule has 17 heavy (non-hydrogen) atoms. The van der Waals surface area contributed by atoms with Crippen molar-refractivity contribution in [2.75, 3.05) is 31.7 Å². The number of aromatic nitrogens is 2. The topological polar surface area (TPSA) is 58.1 Å². The molecule has 0 aliphatic rings. The second-order valence-electron chi connectivity index (χ2n) is 3.32. The zero-order valence-corrected chi connectivity index (χ0v) is 11.6. The number of thioether (sulfide) groups is 1. The first-order valence-electron chi connectivity index (χ1n) is 5.13. The lowest BCUT2D eigenvalue weighted by molar-refractivity contribution is -0.127. The lowest BCUT2D eigenvalue weighted by Crippen LogP contribution is -2.32. The minimum Gasteiger partial charge on any atom is -0.361 e. The number of hydrogen-bond donors (Lipinski definition) is 1. The van der Waals surface area contributed by atoms with Crippen molar-refractivity contribution >= 4 is 35.1 Å². The highest BCUT2D eigenvalue weighted by atomic mass is 35.5. The standard InChI is InChI=1S/C10H15ClN4OS/c1-4-15(2)9(16)6-12-8-5-7(11)13-10(14-8)17-3/h5H,4,6H2,1-3H3,(H,12,13,14). The van der Waals surface area contributed by atoms with E-state index < -0.39 is 0 Å². The van der Waals surface area contributed by atoms with Crippen LogP contribution in [-0.2, 0) is 4.79 Å². The van der Waals surface area contributed by atoms with Crippen LogP contribution < -0.4 is 5.32 Å². The number of rotatable bonds is 5. The van der Waals surface area contributed by atoms with Crippen LogP contribution in [0.2, 0.25) is 5.15 Å². The molecule has 0 saturated carbocycles. The van der Waals surface area contributed by atoms with Gasteiger partial charge in [0.15, 0.2) is 5.16 Å². The number of hydrogen-bond acceptors (Lipinski definition) is 5. The predicted octanol–water partition coefficient (Wildman–Crippen LogP) is 1.74. The Hall–Kier alpha value is -1.01. The molecule has 1 heterocycles. The smallest absolute Gasteiger partial charge is 0.241 e. The number of anilines is 1. The second-order valence-corrected chi connectivity index (χ2v) is 4.48. The maximum absolute atomic E-state index is 11.6. The Labute approximate surface area is 110 Å². The van der Waals surface area contributed by atoms with Crippen LogP contribution in [0.5, 0.6) is 0 Å². The highest BCUT2D eigenvalue weighted by molar-refractivity contribution is 7.98. The van der Waals surface area contributed by atoms with Crippen LogP contribution in [-0.4, -0.2) is 47.2 Å². The summed E-state index contributed by atoms with van der Waals surface area (Å²) in [4.78, 5) is 21.4. The van der Waals surface area contributed by atoms with Gasteiger partial charge in [0.2, 0.25) is 5.91 Å². The van der Waals surface area contributed by atoms with Crippen LogP contribution in [0, 0.1) is 0 Å². The fourth-order valence-electron chi connectivity index (χ4n) is 1.06. The number of halogens is 1. The van der Waals surface area contributed by atoms with Crippen molar-refractivity contribution in [2.24, 2.45) is 0 Å². The van der Waals surface area contributed by atoms with Gasteiger partial charge in [-0.15, -0.1) is 0 Å². The fraction of sp³-hybridized carbons (Fsp3) is 0.500. The molecule has 0 aromatic carbocycles. The van der Waals surface area contributed by atoms with E-state index in [1.807, 2.05) is 13.2 Å². The molecular formula is C10H15ClN4OS. The van der Waals surface area contributed by atoms with Gasteiger partial charge in [-0.1, -0.05) is 23.4 Å². The maximum Gasteiger partial charge on any atom is 0.241 e. The Morgan fingerprint density at radius 1 is 1.59 bits per heavy atom. The lowest BCUT2D eigenvalue weighted by Gasteiger charge is -2.15. The van der Waals surface area contributed by atoms with Gasteiger partial charge in [0.25, 0.3) is 0 Å². The number of nitrogens with one attached hydrogen (secondary N) is 1. The van der Waals surface area contributed by atoms with Crippen molar-refractivity contribution in [3.63, 3.8) is 0 Å². The third kappa shape index (κ3) is 4.40. The molecule has 1 amide bonds. The first-order valence-corrected chi connectivity index (χ1v) is 6.73. The average molecular weight is 275 g/mol. The molecule has 0 saturated heterocycles. The quantitative estimate of drug-likeness (QED) is 0.504. The third-order valence-electron chi connectivity index (χ3n) is 2.18. The highest BCUT2D eigenvalue weighted by Crippen LogP contribution is 2.16. The molecule has 0 aliphatic heterocycles. The van der Waals surface area contributed by atoms with Crippen LogP contribution in [0.4, 0.5) is 5.82 Å². The summed E-state index contributed by atoms with van der Waals surface area (Å²) in [5, 5.41) is 3.88. The lowest BCUT2D eigenvalue weighted by atomic mass is 10.5. The predicted molar refractivity (Wildman–Crippen MR) is 70.6 cm³/mol. The van der Waals surface area contributed by atoms with E-state index in [-0.39, 0.29) is 12.5 Å². The SMILES string of the molecule is CCN(C)C(=O)CNc1cc(Cl)nc(SC)n1. The summed E-state index contributed by atoms with van der Waals surface area (Å²) in [6.45, 7) is 2.80. The Bertz CT molecular complexity index is 402. The molecule has 0 spiro atoms. The molecule has 0 fully saturated rings. The van der Waals surface area contributed by atoms with E-state index in [4.69, 9.17) is 11.6 Å². The minimum atomic E-state index is 0.00735. The molecule has 1 N–H and O–H groups in total. The Morgan fingerprint density at radius 2 is 2.29 bits per heavy atom. The van der Waals surface area contributed by atoms with Gasteiger partial charge < -0.3 is 10.2 Å². The molecule has 0 unspecified atom stereocenters. The molecule has 94 valence electrons. The largest absolute Gasteiger partial charge is 0.361 e. The van der Waals surface area contributed by atoms with Crippen molar-refractivity contribution < 1.29 is 4.79 Å². The van der Waals surface area contributed by atoms with Crippen LogP contribution in [0.3, 0.4) is 0 Å². The van der Waals surface area contributed by atoms with Gasteiger partial charge >= 0.3 is 0 Å². The molecule has 7 heteroatoms. The van der Waals surface area contributed by atoms with Gasteiger partial charge in [-0.2, -0.15) is 0 Å². The van der Waals surface area contributed by atoms with Gasteiger partial charge in [0.1, 0.15) is 11.0 Å². The normalized spacial score (nSPS) is 10.1. The minimum absolute atomic E-state index is 0.00735. The van der Waals surface area contributed by atoms with Gasteiger partial charge in [-0.3, -0.25) is 4.79 Å². The molecule has 0 radical (unpaired) electrons. The molecule has 1 aromatic rings. The van der Waals surface area contributed by atoms with Gasteiger partial charge in [-0.05, 0) is 13.2 Å². The van der Waals surface area contributed by atoms with Crippen LogP contribution in [0.25, 0.3) is 0 Å². The molecule has 1 aromatic heterocycles. The first kappa shape index (κ1) is 14.1. The number of carbonyl (C=O) groups excluding carboxylic acids is 1. The van der Waals surface area contributed by atoms with Crippen LogP contribution in [0.1, 0.15) is 6.92 Å². The Kier molecular flexibility index (Phi) is 5.50. The molecule has 0 atom stereocenters. The van der Waals surface area contributed by atoms with Crippen molar-refractivity contribution in [3.8, 4) is 0 Å². The summed E-state index contributed by atoms with van der Waals surface area (Å²) in [7, 11) is 1.75. The number of likely N-dealkylation sites (N-methyl/N-ethyl adjacent to an activating group) is 1. The summed E-state index contributed by atoms with van der Waals surface area (Å²) >= 11 is 7.23. The third-order valence-corrected chi connectivity index (χ3v) is 2.92. The monoisotopic (exact) mass is 274 g/mol. The van der Waals surface area contributed by atoms with Gasteiger partial charge in [0.05, 0.1) is 6.54 Å². The summed E-state index contributed by atoms with van der Waals surface area (Å²) in [5.74, 6) is 0.570. The van der Waals surface area contributed by atoms with E-state index in [1.165, 1.54) is 11.8 Å². The molecular weight excluding hydrogens is 260 g/mol. The van der Waals surface area contributed by atoms with E-state index in [0.717, 1.165) is 0 Å². The number of nitrogens with zero attached hydrogens (tertiary/aromatic N) is 3. The van der Waals surface area contributed by atoms with E-state index >= 15 is 0 Å². The Morgan fingerprint density at radius 3 is 2.88 bits per heavy atom. The zero-order valence-electron chi connectivity index (χ0n) is 10.0. The van der Waals surface area contributed by atoms with Crippen molar-refractivity contribution in [3.05, 3.63) is 11.2 Å². The first-order chi connectivity index (χ1) is 8.06. The summed E-state index contributed by atoms with van der Waals surface area (Å²) in [5.41, 5.74) is 0. The molecule has 0 aliphatic carbocycles. The van der Waals surface area contributed by atoms with Gasteiger partial charge in [0, 0.05) is 19.7 Å². The van der Waals surface area contributed by atoms with Crippen LogP contribution in [0.15, 0.2) is 11.2 Å². The van der Waals surface area contributed by atoms with E-state index in [2.05, 4.69) is 15.3 Å². The molecule has 0 bridgehead atoms. The summed E-state index contributed by atoms with van der Waals surface area (Å²) < 4.78 is 0. The van der Waals surface area contributed by atoms with Crippen molar-refractivity contribution in [2.45, 2.75) is 12.1 Å². The molecule has 1 rings (SSSR count). The van der Waals surface area contributed by atoms with Crippen LogP contribution >= 0.6 is 23.4 Å². The summed E-state index contributed by atoms with van der Waals surface area (Å²) in [6, 6.07) is 1.60. The summed E-state index contributed by atoms with van der Waals surface area (Å²) in [6.07, 6.45) is 1.87. The maximum atomic E-state index is 11.6. The highest BCUT2D eigenvalue weighted by Gasteiger charge is 2.07. The van der Waals surface area contributed by atoms with Gasteiger partial charge in [-0.25, -0.2) is 9.97 Å². The number of amides is 1. The van der Waals surface area contributed by atoms with Crippen molar-refractivity contribution in [1.82, 2.24) is 14.9 Å². The number of carbonyl (C=O) groups is 1. The Balaban J connectivity index is 2.63. The molecule has 5 nitrogen and oxygen atoms in total.